The number of hydrogen-bond donors (Lipinski definition) is 2. The van der Waals surface area contributed by atoms with Gasteiger partial charge in [-0.25, -0.2) is 0 Å². The van der Waals surface area contributed by atoms with Crippen molar-refractivity contribution in [1.82, 2.24) is 14.7 Å². The molecule has 0 radical (unpaired) electrons. The lowest BCUT2D eigenvalue weighted by Gasteiger charge is -2.19. The molecule has 2 N–H and O–H groups in total. The predicted octanol–water partition coefficient (Wildman–Crippen LogP) is 0.484. The van der Waals surface area contributed by atoms with Crippen molar-refractivity contribution < 1.29 is 15.0 Å². The zero-order chi connectivity index (χ0) is 13.3. The van der Waals surface area contributed by atoms with Gasteiger partial charge < -0.3 is 10.2 Å². The van der Waals surface area contributed by atoms with Crippen LogP contribution >= 0.6 is 0 Å². The standard InChI is InChI=1S/C12H19N3O3/c1-8(2)15-6-9(4-13-15)5-14-7-10(16)3-11(14)12(17)18/h4,6,8,10-11,16H,3,5,7H2,1-2H3,(H,17,18)/t10-,11+/m1/s1. The lowest BCUT2D eigenvalue weighted by molar-refractivity contribution is -0.142. The van der Waals surface area contributed by atoms with Crippen molar-refractivity contribution in [1.29, 1.82) is 0 Å². The number of aromatic nitrogens is 2. The molecule has 100 valence electrons. The average Bonchev–Trinajstić information content (AvgIpc) is 2.86. The summed E-state index contributed by atoms with van der Waals surface area (Å²) in [5, 5.41) is 22.9. The number of β-amino-alcohol motifs (C(OH)–C–C–N with tert-alkyl or cyclic N) is 1. The molecule has 2 heterocycles. The van der Waals surface area contributed by atoms with E-state index >= 15 is 0 Å². The fourth-order valence-corrected chi connectivity index (χ4v) is 2.29. The summed E-state index contributed by atoms with van der Waals surface area (Å²) < 4.78 is 1.84. The summed E-state index contributed by atoms with van der Waals surface area (Å²) in [5.41, 5.74) is 0.976. The van der Waals surface area contributed by atoms with Gasteiger partial charge in [-0.15, -0.1) is 0 Å². The second-order valence-corrected chi connectivity index (χ2v) is 5.10. The Morgan fingerprint density at radius 3 is 2.89 bits per heavy atom. The third-order valence-electron chi connectivity index (χ3n) is 3.24. The second kappa shape index (κ2) is 5.07. The minimum absolute atomic E-state index is 0.290. The molecule has 18 heavy (non-hydrogen) atoms. The van der Waals surface area contributed by atoms with Crippen LogP contribution in [0.2, 0.25) is 0 Å². The van der Waals surface area contributed by atoms with E-state index in [1.807, 2.05) is 24.7 Å². The van der Waals surface area contributed by atoms with Crippen LogP contribution in [0.1, 0.15) is 31.9 Å². The molecule has 2 atom stereocenters. The van der Waals surface area contributed by atoms with Gasteiger partial charge >= 0.3 is 5.97 Å². The SMILES string of the molecule is CC(C)n1cc(CN2C[C@H](O)C[C@H]2C(=O)O)cn1. The average molecular weight is 253 g/mol. The van der Waals surface area contributed by atoms with Crippen LogP contribution in [0.4, 0.5) is 0 Å². The maximum absolute atomic E-state index is 11.1. The monoisotopic (exact) mass is 253 g/mol. The van der Waals surface area contributed by atoms with Crippen LogP contribution in [0.15, 0.2) is 12.4 Å². The Balaban J connectivity index is 2.05. The third kappa shape index (κ3) is 2.70. The highest BCUT2D eigenvalue weighted by molar-refractivity contribution is 5.74. The lowest BCUT2D eigenvalue weighted by Crippen LogP contribution is -2.35. The molecule has 1 saturated heterocycles. The number of aliphatic hydroxyl groups is 1. The quantitative estimate of drug-likeness (QED) is 0.816. The number of likely N-dealkylation sites (tertiary alicyclic amines) is 1. The number of carboxylic acid groups (broad SMARTS) is 1. The molecule has 0 aliphatic carbocycles. The molecule has 1 aliphatic heterocycles. The highest BCUT2D eigenvalue weighted by Crippen LogP contribution is 2.21. The number of carboxylic acids is 1. The van der Waals surface area contributed by atoms with Gasteiger partial charge in [0.25, 0.3) is 0 Å². The molecule has 1 aliphatic rings. The summed E-state index contributed by atoms with van der Waals surface area (Å²) in [4.78, 5) is 12.9. The summed E-state index contributed by atoms with van der Waals surface area (Å²) in [6.07, 6.45) is 3.43. The van der Waals surface area contributed by atoms with Gasteiger partial charge in [-0.3, -0.25) is 14.4 Å². The Morgan fingerprint density at radius 1 is 1.61 bits per heavy atom. The first-order valence-corrected chi connectivity index (χ1v) is 6.15. The summed E-state index contributed by atoms with van der Waals surface area (Å²) in [5.74, 6) is -0.872. The van der Waals surface area contributed by atoms with Gasteiger partial charge in [0, 0.05) is 37.3 Å². The number of rotatable bonds is 4. The summed E-state index contributed by atoms with van der Waals surface area (Å²) in [7, 11) is 0. The minimum atomic E-state index is -0.872. The Morgan fingerprint density at radius 2 is 2.33 bits per heavy atom. The van der Waals surface area contributed by atoms with E-state index in [0.717, 1.165) is 5.56 Å². The number of nitrogens with zero attached hydrogens (tertiary/aromatic N) is 3. The van der Waals surface area contributed by atoms with Crippen molar-refractivity contribution in [2.45, 2.75) is 45.0 Å². The van der Waals surface area contributed by atoms with Gasteiger partial charge in [-0.05, 0) is 13.8 Å². The highest BCUT2D eigenvalue weighted by Gasteiger charge is 2.35. The van der Waals surface area contributed by atoms with Gasteiger partial charge in [0.05, 0.1) is 12.3 Å². The number of aliphatic hydroxyl groups excluding tert-OH is 1. The first-order chi connectivity index (χ1) is 8.47. The van der Waals surface area contributed by atoms with E-state index in [-0.39, 0.29) is 6.04 Å². The van der Waals surface area contributed by atoms with Crippen molar-refractivity contribution in [3.05, 3.63) is 18.0 Å². The second-order valence-electron chi connectivity index (χ2n) is 5.10. The molecular weight excluding hydrogens is 234 g/mol. The smallest absolute Gasteiger partial charge is 0.321 e. The number of carbonyl (C=O) groups is 1. The van der Waals surface area contributed by atoms with Gasteiger partial charge in [0.15, 0.2) is 0 Å². The van der Waals surface area contributed by atoms with Crippen LogP contribution in [-0.4, -0.2) is 49.6 Å². The predicted molar refractivity (Wildman–Crippen MR) is 65.1 cm³/mol. The molecular formula is C12H19N3O3. The zero-order valence-electron chi connectivity index (χ0n) is 10.7. The van der Waals surface area contributed by atoms with Crippen molar-refractivity contribution in [2.75, 3.05) is 6.54 Å². The van der Waals surface area contributed by atoms with E-state index in [1.54, 1.807) is 11.1 Å². The third-order valence-corrected chi connectivity index (χ3v) is 3.24. The Bertz CT molecular complexity index is 430. The van der Waals surface area contributed by atoms with Crippen LogP contribution in [0, 0.1) is 0 Å². The summed E-state index contributed by atoms with van der Waals surface area (Å²) in [6, 6.07) is -0.305. The molecule has 0 bridgehead atoms. The van der Waals surface area contributed by atoms with E-state index in [2.05, 4.69) is 5.10 Å². The highest BCUT2D eigenvalue weighted by atomic mass is 16.4. The van der Waals surface area contributed by atoms with E-state index in [1.165, 1.54) is 0 Å². The maximum atomic E-state index is 11.1. The van der Waals surface area contributed by atoms with E-state index in [0.29, 0.717) is 19.5 Å². The molecule has 1 fully saturated rings. The fraction of sp³-hybridized carbons (Fsp3) is 0.667. The van der Waals surface area contributed by atoms with Crippen LogP contribution < -0.4 is 0 Å². The van der Waals surface area contributed by atoms with E-state index < -0.39 is 18.1 Å². The maximum Gasteiger partial charge on any atom is 0.321 e. The fourth-order valence-electron chi connectivity index (χ4n) is 2.29. The van der Waals surface area contributed by atoms with Crippen molar-refractivity contribution in [3.63, 3.8) is 0 Å². The van der Waals surface area contributed by atoms with Gasteiger partial charge in [0.1, 0.15) is 6.04 Å². The zero-order valence-corrected chi connectivity index (χ0v) is 10.7. The lowest BCUT2D eigenvalue weighted by atomic mass is 10.2. The molecule has 0 unspecified atom stereocenters. The van der Waals surface area contributed by atoms with Crippen molar-refractivity contribution >= 4 is 5.97 Å². The summed E-state index contributed by atoms with van der Waals surface area (Å²) >= 11 is 0. The van der Waals surface area contributed by atoms with Crippen LogP contribution in [0.3, 0.4) is 0 Å². The Hall–Kier alpha value is -1.40. The first kappa shape index (κ1) is 13.0. The minimum Gasteiger partial charge on any atom is -0.480 e. The largest absolute Gasteiger partial charge is 0.480 e. The molecule has 0 saturated carbocycles. The molecule has 1 aromatic rings. The Labute approximate surface area is 106 Å². The molecule has 0 amide bonds. The van der Waals surface area contributed by atoms with E-state index in [9.17, 15) is 9.90 Å². The van der Waals surface area contributed by atoms with Crippen molar-refractivity contribution in [2.24, 2.45) is 0 Å². The van der Waals surface area contributed by atoms with Crippen LogP contribution in [0.5, 0.6) is 0 Å². The number of aliphatic carboxylic acids is 1. The molecule has 6 heteroatoms. The summed E-state index contributed by atoms with van der Waals surface area (Å²) in [6.45, 7) is 5.00. The first-order valence-electron chi connectivity index (χ1n) is 6.15. The number of hydrogen-bond acceptors (Lipinski definition) is 4. The topological polar surface area (TPSA) is 78.6 Å². The van der Waals surface area contributed by atoms with E-state index in [4.69, 9.17) is 5.11 Å². The normalized spacial score (nSPS) is 24.9. The van der Waals surface area contributed by atoms with Gasteiger partial charge in [-0.1, -0.05) is 0 Å². The van der Waals surface area contributed by atoms with Crippen LogP contribution in [-0.2, 0) is 11.3 Å². The molecule has 0 spiro atoms. The molecule has 2 rings (SSSR count). The Kier molecular flexibility index (Phi) is 3.68. The van der Waals surface area contributed by atoms with Gasteiger partial charge in [0.2, 0.25) is 0 Å². The van der Waals surface area contributed by atoms with Gasteiger partial charge in [-0.2, -0.15) is 5.10 Å². The molecule has 6 nitrogen and oxygen atoms in total. The molecule has 1 aromatic heterocycles. The van der Waals surface area contributed by atoms with Crippen molar-refractivity contribution in [3.8, 4) is 0 Å². The molecule has 0 aromatic carbocycles. The van der Waals surface area contributed by atoms with Crippen LogP contribution in [0.25, 0.3) is 0 Å².